The maximum atomic E-state index is 11.3. The molecule has 4 aromatic rings. The first-order valence-electron chi connectivity index (χ1n) is 10.3. The van der Waals surface area contributed by atoms with Crippen molar-refractivity contribution in [3.63, 3.8) is 0 Å². The van der Waals surface area contributed by atoms with Crippen LogP contribution in [0.4, 0.5) is 5.69 Å². The molecule has 0 unspecified atom stereocenters. The first kappa shape index (κ1) is 23.8. The van der Waals surface area contributed by atoms with Crippen LogP contribution in [-0.4, -0.2) is 4.92 Å². The van der Waals surface area contributed by atoms with Crippen molar-refractivity contribution in [1.82, 2.24) is 0 Å². The van der Waals surface area contributed by atoms with Gasteiger partial charge in [0, 0.05) is 12.1 Å². The van der Waals surface area contributed by atoms with Crippen LogP contribution >= 0.6 is 7.26 Å². The molecule has 0 fully saturated rings. The highest BCUT2D eigenvalue weighted by molar-refractivity contribution is 8.01. The predicted molar refractivity (Wildman–Crippen MR) is 132 cm³/mol. The normalized spacial score (nSPS) is 11.0. The SMILES string of the molecule is Cc1ccc([P+](c2ccc(C)cc2)(c2ccc(C)cc2)c2ccc([N+](=O)[O-])cc2)cc1.[Br-]. The van der Waals surface area contributed by atoms with E-state index < -0.39 is 7.26 Å². The standard InChI is InChI=1S/C27H25NO2P.BrH/c1-20-4-12-24(13-5-20)31(25-14-6-21(2)7-15-25,26-16-8-22(3)9-17-26)27-18-10-23(11-19-27)28(29)30;/h4-19H,1-3H3;1H/q+1;/p-1. The third-order valence-corrected chi connectivity index (χ3v) is 10.0. The van der Waals surface area contributed by atoms with E-state index in [1.54, 1.807) is 12.1 Å². The zero-order chi connectivity index (χ0) is 22.0. The van der Waals surface area contributed by atoms with E-state index in [1.807, 2.05) is 12.1 Å². The molecule has 0 aliphatic heterocycles. The number of hydrogen-bond donors (Lipinski definition) is 0. The highest BCUT2D eigenvalue weighted by atomic mass is 79.9. The summed E-state index contributed by atoms with van der Waals surface area (Å²) in [6.07, 6.45) is 0. The molecule has 0 spiro atoms. The third-order valence-electron chi connectivity index (χ3n) is 5.71. The summed E-state index contributed by atoms with van der Waals surface area (Å²) in [4.78, 5) is 11.0. The molecule has 5 heteroatoms. The molecule has 0 N–H and O–H groups in total. The van der Waals surface area contributed by atoms with Crippen molar-refractivity contribution in [2.45, 2.75) is 20.8 Å². The Balaban J connectivity index is 0.00000289. The molecule has 0 amide bonds. The Hall–Kier alpha value is -2.81. The van der Waals surface area contributed by atoms with Gasteiger partial charge in [0.25, 0.3) is 5.69 Å². The van der Waals surface area contributed by atoms with Gasteiger partial charge in [0.05, 0.1) is 4.92 Å². The summed E-state index contributed by atoms with van der Waals surface area (Å²) in [6, 6.07) is 33.3. The maximum absolute atomic E-state index is 11.3. The van der Waals surface area contributed by atoms with Crippen molar-refractivity contribution in [3.8, 4) is 0 Å². The summed E-state index contributed by atoms with van der Waals surface area (Å²) >= 11 is 0. The second-order valence-corrected chi connectivity index (χ2v) is 11.4. The Morgan fingerprint density at radius 3 is 1.03 bits per heavy atom. The quantitative estimate of drug-likeness (QED) is 0.237. The van der Waals surface area contributed by atoms with E-state index in [2.05, 4.69) is 93.6 Å². The molecule has 0 saturated heterocycles. The minimum Gasteiger partial charge on any atom is -1.00 e. The number of nitrogens with zero attached hydrogens (tertiary/aromatic N) is 1. The number of nitro groups is 1. The average molecular weight is 506 g/mol. The number of rotatable bonds is 5. The lowest BCUT2D eigenvalue weighted by Crippen LogP contribution is -3.00. The Labute approximate surface area is 200 Å². The van der Waals surface area contributed by atoms with Gasteiger partial charge in [-0.1, -0.05) is 53.1 Å². The minimum atomic E-state index is -2.24. The Morgan fingerprint density at radius 2 is 0.781 bits per heavy atom. The summed E-state index contributed by atoms with van der Waals surface area (Å²) in [5, 5.41) is 16.1. The third kappa shape index (κ3) is 4.39. The molecule has 0 aliphatic rings. The molecular weight excluding hydrogens is 481 g/mol. The van der Waals surface area contributed by atoms with Gasteiger partial charge in [0.15, 0.2) is 0 Å². The van der Waals surface area contributed by atoms with Crippen molar-refractivity contribution in [3.05, 3.63) is 124 Å². The van der Waals surface area contributed by atoms with E-state index in [0.717, 1.165) is 5.30 Å². The van der Waals surface area contributed by atoms with E-state index in [1.165, 1.54) is 32.6 Å². The van der Waals surface area contributed by atoms with Gasteiger partial charge < -0.3 is 17.0 Å². The van der Waals surface area contributed by atoms with Crippen LogP contribution in [0.3, 0.4) is 0 Å². The Bertz CT molecular complexity index is 1090. The number of aryl methyl sites for hydroxylation is 3. The summed E-state index contributed by atoms with van der Waals surface area (Å²) in [5.41, 5.74) is 3.73. The van der Waals surface area contributed by atoms with Crippen LogP contribution in [0.15, 0.2) is 97.1 Å². The fourth-order valence-corrected chi connectivity index (χ4v) is 8.17. The van der Waals surface area contributed by atoms with Gasteiger partial charge in [0.1, 0.15) is 28.5 Å². The highest BCUT2D eigenvalue weighted by Crippen LogP contribution is 2.54. The molecule has 0 heterocycles. The average Bonchev–Trinajstić information content (AvgIpc) is 2.78. The second kappa shape index (κ2) is 9.77. The van der Waals surface area contributed by atoms with Crippen LogP contribution in [0.2, 0.25) is 0 Å². The van der Waals surface area contributed by atoms with Crippen molar-refractivity contribution in [2.24, 2.45) is 0 Å². The van der Waals surface area contributed by atoms with Crippen molar-refractivity contribution in [2.75, 3.05) is 0 Å². The maximum Gasteiger partial charge on any atom is 0.269 e. The fourth-order valence-electron chi connectivity index (χ4n) is 4.00. The number of non-ortho nitro benzene ring substituents is 1. The van der Waals surface area contributed by atoms with E-state index in [4.69, 9.17) is 0 Å². The predicted octanol–water partition coefficient (Wildman–Crippen LogP) is 2.14. The lowest BCUT2D eigenvalue weighted by molar-refractivity contribution is -0.384. The molecule has 162 valence electrons. The molecule has 0 atom stereocenters. The van der Waals surface area contributed by atoms with Crippen molar-refractivity contribution >= 4 is 34.2 Å². The smallest absolute Gasteiger partial charge is 0.269 e. The molecule has 3 nitrogen and oxygen atoms in total. The van der Waals surface area contributed by atoms with Gasteiger partial charge in [-0.2, -0.15) is 0 Å². The number of hydrogen-bond acceptors (Lipinski definition) is 2. The molecule has 0 aromatic heterocycles. The molecular formula is C27H25BrNO2P. The zero-order valence-corrected chi connectivity index (χ0v) is 20.8. The summed E-state index contributed by atoms with van der Waals surface area (Å²) in [6.45, 7) is 6.27. The van der Waals surface area contributed by atoms with Gasteiger partial charge in [0.2, 0.25) is 0 Å². The lowest BCUT2D eigenvalue weighted by Gasteiger charge is -2.28. The molecule has 0 saturated carbocycles. The molecule has 4 rings (SSSR count). The van der Waals surface area contributed by atoms with Gasteiger partial charge in [-0.3, -0.25) is 10.1 Å². The molecule has 0 aliphatic carbocycles. The van der Waals surface area contributed by atoms with Crippen LogP contribution in [-0.2, 0) is 0 Å². The van der Waals surface area contributed by atoms with E-state index in [0.29, 0.717) is 0 Å². The Kier molecular flexibility index (Phi) is 7.28. The fraction of sp³-hybridized carbons (Fsp3) is 0.111. The van der Waals surface area contributed by atoms with E-state index >= 15 is 0 Å². The molecule has 0 bridgehead atoms. The van der Waals surface area contributed by atoms with E-state index in [9.17, 15) is 10.1 Å². The number of halogens is 1. The largest absolute Gasteiger partial charge is 1.00 e. The topological polar surface area (TPSA) is 43.1 Å². The van der Waals surface area contributed by atoms with Gasteiger partial charge in [-0.15, -0.1) is 0 Å². The van der Waals surface area contributed by atoms with E-state index in [-0.39, 0.29) is 27.6 Å². The summed E-state index contributed by atoms with van der Waals surface area (Å²) in [7, 11) is -2.24. The number of benzene rings is 4. The molecule has 4 aromatic carbocycles. The summed E-state index contributed by atoms with van der Waals surface area (Å²) in [5.74, 6) is 0. The first-order valence-corrected chi connectivity index (χ1v) is 12.1. The van der Waals surface area contributed by atoms with Crippen molar-refractivity contribution < 1.29 is 21.9 Å². The van der Waals surface area contributed by atoms with Crippen LogP contribution in [0.5, 0.6) is 0 Å². The lowest BCUT2D eigenvalue weighted by atomic mass is 10.2. The Morgan fingerprint density at radius 1 is 0.531 bits per heavy atom. The zero-order valence-electron chi connectivity index (χ0n) is 18.3. The van der Waals surface area contributed by atoms with Gasteiger partial charge in [-0.25, -0.2) is 0 Å². The first-order chi connectivity index (χ1) is 14.9. The molecule has 32 heavy (non-hydrogen) atoms. The van der Waals surface area contributed by atoms with Crippen LogP contribution < -0.4 is 38.2 Å². The monoisotopic (exact) mass is 505 g/mol. The van der Waals surface area contributed by atoms with Gasteiger partial charge >= 0.3 is 0 Å². The van der Waals surface area contributed by atoms with Crippen LogP contribution in [0.25, 0.3) is 0 Å². The van der Waals surface area contributed by atoms with Crippen LogP contribution in [0, 0.1) is 30.9 Å². The second-order valence-electron chi connectivity index (χ2n) is 7.95. The molecule has 0 radical (unpaired) electrons. The minimum absolute atomic E-state index is 0. The van der Waals surface area contributed by atoms with Gasteiger partial charge in [-0.05, 0) is 69.3 Å². The van der Waals surface area contributed by atoms with Crippen molar-refractivity contribution in [1.29, 1.82) is 0 Å². The highest BCUT2D eigenvalue weighted by Gasteiger charge is 2.48. The summed E-state index contributed by atoms with van der Waals surface area (Å²) < 4.78 is 0. The number of nitro benzene ring substituents is 1. The van der Waals surface area contributed by atoms with Crippen LogP contribution in [0.1, 0.15) is 16.7 Å².